The maximum absolute atomic E-state index is 12.9. The Kier molecular flexibility index (Phi) is 6.86. The number of halogens is 2. The number of para-hydroxylation sites is 1. The predicted octanol–water partition coefficient (Wildman–Crippen LogP) is 6.77. The van der Waals surface area contributed by atoms with Crippen LogP contribution in [0.5, 0.6) is 5.75 Å². The first-order chi connectivity index (χ1) is 16.7. The van der Waals surface area contributed by atoms with Crippen molar-refractivity contribution in [2.75, 3.05) is 0 Å². The minimum Gasteiger partial charge on any atom is -0.505 e. The number of phenols is 1. The maximum atomic E-state index is 12.9. The van der Waals surface area contributed by atoms with Gasteiger partial charge in [-0.3, -0.25) is 9.89 Å². The number of carboxylic acid groups (broad SMARTS) is 1. The van der Waals surface area contributed by atoms with Crippen molar-refractivity contribution < 1.29 is 15.0 Å². The number of nitrogens with zero attached hydrogens (tertiary/aromatic N) is 3. The van der Waals surface area contributed by atoms with Gasteiger partial charge in [-0.15, -0.1) is 10.2 Å². The van der Waals surface area contributed by atoms with Gasteiger partial charge in [0, 0.05) is 15.6 Å². The lowest BCUT2D eigenvalue weighted by Gasteiger charge is -2.03. The summed E-state index contributed by atoms with van der Waals surface area (Å²) in [6.07, 6.45) is 3.41. The molecule has 0 aliphatic rings. The van der Waals surface area contributed by atoms with Crippen LogP contribution in [0, 0.1) is 6.92 Å². The molecule has 35 heavy (non-hydrogen) atoms. The summed E-state index contributed by atoms with van der Waals surface area (Å²) in [4.78, 5) is 24.1. The second-order valence-corrected chi connectivity index (χ2v) is 8.34. The largest absolute Gasteiger partial charge is 0.505 e. The van der Waals surface area contributed by atoms with E-state index in [9.17, 15) is 19.8 Å². The number of nitrogens with one attached hydrogen (secondary N) is 1. The molecule has 0 saturated heterocycles. The summed E-state index contributed by atoms with van der Waals surface area (Å²) in [5, 5.41) is 31.8. The van der Waals surface area contributed by atoms with Crippen LogP contribution in [0.3, 0.4) is 0 Å². The molecule has 0 aliphatic carbocycles. The molecule has 0 bridgehead atoms. The third-order valence-corrected chi connectivity index (χ3v) is 5.66. The molecule has 4 rings (SSSR count). The Balaban J connectivity index is 1.64. The van der Waals surface area contributed by atoms with E-state index in [0.717, 1.165) is 5.56 Å². The van der Waals surface area contributed by atoms with E-state index in [1.54, 1.807) is 61.5 Å². The van der Waals surface area contributed by atoms with Crippen LogP contribution in [0.1, 0.15) is 27.2 Å². The van der Waals surface area contributed by atoms with Gasteiger partial charge < -0.3 is 10.2 Å². The number of benzene rings is 3. The Morgan fingerprint density at radius 2 is 1.74 bits per heavy atom. The molecule has 0 radical (unpaired) electrons. The number of aromatic hydroxyl groups is 1. The first-order valence-corrected chi connectivity index (χ1v) is 11.0. The molecule has 3 aromatic carbocycles. The summed E-state index contributed by atoms with van der Waals surface area (Å²) < 4.78 is 1.19. The van der Waals surface area contributed by atoms with Crippen LogP contribution in [0.15, 0.2) is 75.7 Å². The topological polar surface area (TPSA) is 120 Å². The number of aromatic amines is 1. The minimum absolute atomic E-state index is 0.0269. The summed E-state index contributed by atoms with van der Waals surface area (Å²) in [5.41, 5.74) is 1.68. The van der Waals surface area contributed by atoms with E-state index in [0.29, 0.717) is 27.0 Å². The molecule has 10 heteroatoms. The second-order valence-electron chi connectivity index (χ2n) is 7.50. The molecule has 1 heterocycles. The predicted molar refractivity (Wildman–Crippen MR) is 136 cm³/mol. The van der Waals surface area contributed by atoms with Crippen molar-refractivity contribution in [1.29, 1.82) is 0 Å². The molecule has 8 nitrogen and oxygen atoms in total. The Morgan fingerprint density at radius 1 is 1.00 bits per heavy atom. The maximum Gasteiger partial charge on any atom is 0.335 e. The minimum atomic E-state index is -1.11. The van der Waals surface area contributed by atoms with Gasteiger partial charge in [0.15, 0.2) is 5.69 Å². The lowest BCUT2D eigenvalue weighted by atomic mass is 10.1. The highest BCUT2D eigenvalue weighted by atomic mass is 35.5. The van der Waals surface area contributed by atoms with E-state index in [1.165, 1.54) is 22.9 Å². The van der Waals surface area contributed by atoms with E-state index in [-0.39, 0.29) is 22.7 Å². The number of carboxylic acids is 1. The SMILES string of the molecule is Cc1[nH]n(-c2cccc(C(=O)O)c2)c(=O)c1N=Nc1cccc(/C=C/c2ccc(Cl)cc2Cl)c1O. The Bertz CT molecular complexity index is 1550. The van der Waals surface area contributed by atoms with Crippen molar-refractivity contribution in [3.63, 3.8) is 0 Å². The molecule has 0 atom stereocenters. The van der Waals surface area contributed by atoms with Crippen LogP contribution in [-0.2, 0) is 0 Å². The standard InChI is InChI=1S/C25H18Cl2N4O4/c1-14-22(24(33)31(30-14)19-6-2-5-17(12-19)25(34)35)29-28-21-7-3-4-16(23(21)32)9-8-15-10-11-18(26)13-20(15)27/h2-13,30,32H,1H3,(H,34,35)/b9-8+,29-28?. The fraction of sp³-hybridized carbons (Fsp3) is 0.0400. The third-order valence-electron chi connectivity index (χ3n) is 5.10. The van der Waals surface area contributed by atoms with Crippen molar-refractivity contribution >= 4 is 52.7 Å². The van der Waals surface area contributed by atoms with Gasteiger partial charge in [-0.1, -0.05) is 59.6 Å². The van der Waals surface area contributed by atoms with Gasteiger partial charge in [0.1, 0.15) is 11.4 Å². The molecule has 0 aliphatic heterocycles. The van der Waals surface area contributed by atoms with Crippen LogP contribution in [0.25, 0.3) is 17.8 Å². The molecular formula is C25H18Cl2N4O4. The van der Waals surface area contributed by atoms with Gasteiger partial charge in [-0.25, -0.2) is 9.48 Å². The summed E-state index contributed by atoms with van der Waals surface area (Å²) >= 11 is 12.1. The number of aromatic carboxylic acids is 1. The lowest BCUT2D eigenvalue weighted by Crippen LogP contribution is -2.14. The van der Waals surface area contributed by atoms with E-state index in [1.807, 2.05) is 0 Å². The highest BCUT2D eigenvalue weighted by molar-refractivity contribution is 6.35. The first kappa shape index (κ1) is 24.0. The Labute approximate surface area is 209 Å². The van der Waals surface area contributed by atoms with Gasteiger partial charge in [0.25, 0.3) is 5.56 Å². The van der Waals surface area contributed by atoms with E-state index < -0.39 is 11.5 Å². The Hall–Kier alpha value is -4.14. The van der Waals surface area contributed by atoms with Crippen LogP contribution < -0.4 is 5.56 Å². The summed E-state index contributed by atoms with van der Waals surface area (Å²) in [6.45, 7) is 1.64. The highest BCUT2D eigenvalue weighted by Crippen LogP contribution is 2.33. The van der Waals surface area contributed by atoms with Gasteiger partial charge in [0.05, 0.1) is 16.9 Å². The smallest absolute Gasteiger partial charge is 0.335 e. The monoisotopic (exact) mass is 508 g/mol. The summed E-state index contributed by atoms with van der Waals surface area (Å²) in [6, 6.07) is 16.0. The number of hydrogen-bond donors (Lipinski definition) is 3. The number of azo groups is 1. The molecule has 1 aromatic heterocycles. The zero-order valence-corrected chi connectivity index (χ0v) is 19.7. The van der Waals surface area contributed by atoms with Crippen LogP contribution >= 0.6 is 23.2 Å². The highest BCUT2D eigenvalue weighted by Gasteiger charge is 2.14. The van der Waals surface area contributed by atoms with Crippen molar-refractivity contribution in [2.24, 2.45) is 10.2 Å². The number of rotatable bonds is 6. The zero-order chi connectivity index (χ0) is 25.1. The van der Waals surface area contributed by atoms with E-state index >= 15 is 0 Å². The first-order valence-electron chi connectivity index (χ1n) is 10.3. The van der Waals surface area contributed by atoms with Crippen molar-refractivity contribution in [3.8, 4) is 11.4 Å². The third kappa shape index (κ3) is 5.18. The summed E-state index contributed by atoms with van der Waals surface area (Å²) in [7, 11) is 0. The molecule has 4 aromatic rings. The fourth-order valence-electron chi connectivity index (χ4n) is 3.30. The average molecular weight is 509 g/mol. The molecule has 0 amide bonds. The number of aryl methyl sites for hydroxylation is 1. The number of carbonyl (C=O) groups is 1. The van der Waals surface area contributed by atoms with Crippen LogP contribution in [0.4, 0.5) is 11.4 Å². The summed E-state index contributed by atoms with van der Waals surface area (Å²) in [5.74, 6) is -1.23. The molecule has 0 unspecified atom stereocenters. The van der Waals surface area contributed by atoms with Crippen molar-refractivity contribution in [2.45, 2.75) is 6.92 Å². The molecule has 0 spiro atoms. The quantitative estimate of drug-likeness (QED) is 0.196. The average Bonchev–Trinajstić information content (AvgIpc) is 3.12. The van der Waals surface area contributed by atoms with Crippen LogP contribution in [0.2, 0.25) is 10.0 Å². The number of hydrogen-bond acceptors (Lipinski definition) is 5. The zero-order valence-electron chi connectivity index (χ0n) is 18.2. The van der Waals surface area contributed by atoms with E-state index in [2.05, 4.69) is 15.3 Å². The molecular weight excluding hydrogens is 491 g/mol. The fourth-order valence-corrected chi connectivity index (χ4v) is 3.77. The molecule has 0 fully saturated rings. The Morgan fingerprint density at radius 3 is 2.49 bits per heavy atom. The molecule has 3 N–H and O–H groups in total. The van der Waals surface area contributed by atoms with Gasteiger partial charge in [0.2, 0.25) is 0 Å². The lowest BCUT2D eigenvalue weighted by molar-refractivity contribution is 0.0697. The molecule has 176 valence electrons. The number of phenolic OH excluding ortho intramolecular Hbond substituents is 1. The second kappa shape index (κ2) is 10.0. The van der Waals surface area contributed by atoms with Crippen LogP contribution in [-0.4, -0.2) is 26.0 Å². The normalized spacial score (nSPS) is 11.5. The number of H-pyrrole nitrogens is 1. The number of aromatic nitrogens is 2. The van der Waals surface area contributed by atoms with E-state index in [4.69, 9.17) is 23.2 Å². The van der Waals surface area contributed by atoms with Gasteiger partial charge >= 0.3 is 5.97 Å². The van der Waals surface area contributed by atoms with Gasteiger partial charge in [-0.2, -0.15) is 0 Å². The molecule has 0 saturated carbocycles. The van der Waals surface area contributed by atoms with Crippen molar-refractivity contribution in [1.82, 2.24) is 9.78 Å². The van der Waals surface area contributed by atoms with Gasteiger partial charge in [-0.05, 0) is 48.9 Å². The van der Waals surface area contributed by atoms with Crippen molar-refractivity contribution in [3.05, 3.63) is 103 Å².